The summed E-state index contributed by atoms with van der Waals surface area (Å²) in [6.07, 6.45) is 1.94. The summed E-state index contributed by atoms with van der Waals surface area (Å²) in [6, 6.07) is 2.07. The molecule has 0 spiro atoms. The Kier molecular flexibility index (Phi) is 16.7. The minimum Gasteiger partial charge on any atom is -0.460 e. The summed E-state index contributed by atoms with van der Waals surface area (Å²) in [5, 5.41) is 0. The minimum absolute atomic E-state index is 0.258. The highest BCUT2D eigenvalue weighted by Crippen LogP contribution is 2.26. The van der Waals surface area contributed by atoms with Crippen molar-refractivity contribution >= 4 is 40.0 Å². The Morgan fingerprint density at radius 2 is 1.25 bits per heavy atom. The van der Waals surface area contributed by atoms with E-state index in [1.807, 2.05) is 6.66 Å². The van der Waals surface area contributed by atoms with Crippen LogP contribution in [0.2, 0.25) is 51.4 Å². The van der Waals surface area contributed by atoms with Gasteiger partial charge in [-0.2, -0.15) is 0 Å². The highest BCUT2D eigenvalue weighted by atomic mass is 31.1. The highest BCUT2D eigenvalue weighted by Gasteiger charge is 2.39. The summed E-state index contributed by atoms with van der Waals surface area (Å²) in [6.45, 7) is 24.0. The summed E-state index contributed by atoms with van der Waals surface area (Å²) >= 11 is 0. The Labute approximate surface area is 201 Å². The summed E-state index contributed by atoms with van der Waals surface area (Å²) < 4.78 is 34.8. The molecule has 0 aromatic carbocycles. The van der Waals surface area contributed by atoms with Gasteiger partial charge in [0.2, 0.25) is 0 Å². The average molecular weight is 527 g/mol. The average Bonchev–Trinajstić information content (AvgIpc) is 2.64. The molecule has 190 valence electrons. The summed E-state index contributed by atoms with van der Waals surface area (Å²) in [4.78, 5) is 11.3. The van der Waals surface area contributed by atoms with Crippen LogP contribution in [-0.4, -0.2) is 77.5 Å². The van der Waals surface area contributed by atoms with Crippen molar-refractivity contribution in [1.29, 1.82) is 0 Å². The highest BCUT2D eigenvalue weighted by molar-refractivity contribution is 7.31. The molecule has 0 N–H and O–H groups in total. The van der Waals surface area contributed by atoms with Crippen LogP contribution in [0.15, 0.2) is 12.2 Å². The second kappa shape index (κ2) is 16.7. The van der Waals surface area contributed by atoms with Crippen LogP contribution in [0.3, 0.4) is 0 Å². The maximum absolute atomic E-state index is 11.3. The van der Waals surface area contributed by atoms with Crippen LogP contribution in [0.1, 0.15) is 19.8 Å². The standard InChI is InChI=1S/C21H47O7PSi3/c1-20(2)21(22)25-16-14-23-12-10-18-30(4,5)27-32(8,9)28-31(6,7)19-11-13-24-15-17-26-29-3/h29H,1,10-19H2,2-9H3. The van der Waals surface area contributed by atoms with E-state index in [0.29, 0.717) is 40.8 Å². The van der Waals surface area contributed by atoms with Gasteiger partial charge in [0.15, 0.2) is 16.6 Å². The maximum Gasteiger partial charge on any atom is 0.333 e. The van der Waals surface area contributed by atoms with Gasteiger partial charge in [-0.1, -0.05) is 6.58 Å². The van der Waals surface area contributed by atoms with E-state index in [2.05, 4.69) is 45.9 Å². The molecule has 0 aliphatic rings. The fraction of sp³-hybridized carbons (Fsp3) is 0.857. The lowest BCUT2D eigenvalue weighted by molar-refractivity contribution is -0.140. The van der Waals surface area contributed by atoms with Crippen LogP contribution >= 0.6 is 8.81 Å². The Morgan fingerprint density at radius 1 is 0.781 bits per heavy atom. The second-order valence-corrected chi connectivity index (χ2v) is 22.7. The van der Waals surface area contributed by atoms with Gasteiger partial charge in [0.1, 0.15) is 6.61 Å². The van der Waals surface area contributed by atoms with E-state index in [9.17, 15) is 4.79 Å². The van der Waals surface area contributed by atoms with Gasteiger partial charge < -0.3 is 27.0 Å². The van der Waals surface area contributed by atoms with Gasteiger partial charge in [-0.05, 0) is 77.8 Å². The van der Waals surface area contributed by atoms with E-state index in [1.54, 1.807) is 6.92 Å². The van der Waals surface area contributed by atoms with E-state index in [1.165, 1.54) is 0 Å². The van der Waals surface area contributed by atoms with Crippen molar-refractivity contribution in [1.82, 2.24) is 0 Å². The molecule has 0 aliphatic heterocycles. The van der Waals surface area contributed by atoms with Crippen molar-refractivity contribution in [2.45, 2.75) is 71.1 Å². The lowest BCUT2D eigenvalue weighted by Crippen LogP contribution is -2.52. The molecule has 0 saturated heterocycles. The topological polar surface area (TPSA) is 72.5 Å². The molecule has 11 heteroatoms. The van der Waals surface area contributed by atoms with Crippen LogP contribution in [-0.2, 0) is 31.8 Å². The van der Waals surface area contributed by atoms with Gasteiger partial charge in [-0.15, -0.1) is 0 Å². The molecule has 1 unspecified atom stereocenters. The first kappa shape index (κ1) is 32.1. The van der Waals surface area contributed by atoms with Crippen LogP contribution in [0, 0.1) is 0 Å². The lowest BCUT2D eigenvalue weighted by Gasteiger charge is -2.38. The number of ether oxygens (including phenoxy) is 3. The zero-order chi connectivity index (χ0) is 24.7. The smallest absolute Gasteiger partial charge is 0.333 e. The third-order valence-corrected chi connectivity index (χ3v) is 16.4. The Morgan fingerprint density at radius 3 is 1.69 bits per heavy atom. The van der Waals surface area contributed by atoms with Crippen molar-refractivity contribution in [2.75, 3.05) is 46.3 Å². The fourth-order valence-corrected chi connectivity index (χ4v) is 17.7. The molecule has 0 aromatic heterocycles. The van der Waals surface area contributed by atoms with Crippen LogP contribution < -0.4 is 0 Å². The first-order valence-electron chi connectivity index (χ1n) is 11.5. The monoisotopic (exact) mass is 526 g/mol. The molecule has 7 nitrogen and oxygen atoms in total. The molecule has 0 bridgehead atoms. The summed E-state index contributed by atoms with van der Waals surface area (Å²) in [5.74, 6) is -0.372. The van der Waals surface area contributed by atoms with E-state index in [0.717, 1.165) is 31.5 Å². The molecule has 0 rings (SSSR count). The third kappa shape index (κ3) is 18.5. The number of esters is 1. The molecule has 0 aromatic rings. The van der Waals surface area contributed by atoms with Gasteiger partial charge in [-0.3, -0.25) is 0 Å². The first-order chi connectivity index (χ1) is 14.8. The molecule has 1 atom stereocenters. The van der Waals surface area contributed by atoms with Gasteiger partial charge in [0, 0.05) is 27.6 Å². The maximum atomic E-state index is 11.3. The van der Waals surface area contributed by atoms with Crippen LogP contribution in [0.5, 0.6) is 0 Å². The molecular weight excluding hydrogens is 479 g/mol. The van der Waals surface area contributed by atoms with E-state index in [4.69, 9.17) is 27.0 Å². The number of hydrogen-bond acceptors (Lipinski definition) is 7. The Balaban J connectivity index is 4.13. The van der Waals surface area contributed by atoms with Crippen molar-refractivity contribution in [3.63, 3.8) is 0 Å². The zero-order valence-corrected chi connectivity index (χ0v) is 25.6. The van der Waals surface area contributed by atoms with Gasteiger partial charge in [-0.25, -0.2) is 4.79 Å². The molecule has 0 fully saturated rings. The Bertz CT molecular complexity index is 545. The summed E-state index contributed by atoms with van der Waals surface area (Å²) in [7, 11) is -5.35. The zero-order valence-electron chi connectivity index (χ0n) is 21.6. The quantitative estimate of drug-likeness (QED) is 0.0700. The molecular formula is C21H47O7PSi3. The van der Waals surface area contributed by atoms with E-state index >= 15 is 0 Å². The summed E-state index contributed by atoms with van der Waals surface area (Å²) in [5.41, 5.74) is 0.404. The van der Waals surface area contributed by atoms with Gasteiger partial charge >= 0.3 is 14.5 Å². The minimum atomic E-state index is -2.21. The second-order valence-electron chi connectivity index (χ2n) is 9.52. The predicted molar refractivity (Wildman–Crippen MR) is 141 cm³/mol. The van der Waals surface area contributed by atoms with Crippen molar-refractivity contribution in [2.24, 2.45) is 0 Å². The third-order valence-electron chi connectivity index (χ3n) is 4.46. The number of rotatable bonds is 20. The molecule has 32 heavy (non-hydrogen) atoms. The molecule has 0 saturated carbocycles. The largest absolute Gasteiger partial charge is 0.460 e. The normalized spacial score (nSPS) is 13.1. The number of carbonyl (C=O) groups excluding carboxylic acids is 1. The van der Waals surface area contributed by atoms with E-state index < -0.39 is 25.2 Å². The molecule has 0 radical (unpaired) electrons. The fourth-order valence-electron chi connectivity index (χ4n) is 3.38. The number of hydrogen-bond donors (Lipinski definition) is 0. The van der Waals surface area contributed by atoms with Crippen LogP contribution in [0.4, 0.5) is 0 Å². The molecule has 0 heterocycles. The number of carbonyl (C=O) groups is 1. The van der Waals surface area contributed by atoms with E-state index in [-0.39, 0.29) is 12.6 Å². The molecule has 0 amide bonds. The van der Waals surface area contributed by atoms with Gasteiger partial charge in [0.05, 0.1) is 19.8 Å². The molecule has 0 aliphatic carbocycles. The van der Waals surface area contributed by atoms with Crippen molar-refractivity contribution < 1.29 is 31.8 Å². The lowest BCUT2D eigenvalue weighted by atomic mass is 10.4. The first-order valence-corrected chi connectivity index (χ1v) is 21.9. The van der Waals surface area contributed by atoms with Crippen molar-refractivity contribution in [3.8, 4) is 0 Å². The predicted octanol–water partition coefficient (Wildman–Crippen LogP) is 5.30. The van der Waals surface area contributed by atoms with Crippen molar-refractivity contribution in [3.05, 3.63) is 12.2 Å². The Hall–Kier alpha value is 0.0906. The van der Waals surface area contributed by atoms with Crippen LogP contribution in [0.25, 0.3) is 0 Å². The van der Waals surface area contributed by atoms with Gasteiger partial charge in [0.25, 0.3) is 0 Å². The SMILES string of the molecule is C=C(C)C(=O)OCCOCCC[Si](C)(C)O[Si](C)(C)O[Si](C)(C)CCCOCCOPC.